The van der Waals surface area contributed by atoms with Crippen LogP contribution in [0, 0.1) is 0 Å². The molecule has 0 atom stereocenters. The summed E-state index contributed by atoms with van der Waals surface area (Å²) in [5, 5.41) is 0. The van der Waals surface area contributed by atoms with Crippen LogP contribution in [0.15, 0.2) is 35.2 Å². The molecule has 2 aromatic heterocycles. The smallest absolute Gasteiger partial charge is 0.219 e. The van der Waals surface area contributed by atoms with E-state index in [9.17, 15) is 0 Å². The lowest BCUT2D eigenvalue weighted by molar-refractivity contribution is 0.582. The van der Waals surface area contributed by atoms with Crippen LogP contribution >= 0.6 is 0 Å². The molecule has 0 radical (unpaired) electrons. The molecule has 2 rings (SSSR count). The topological polar surface area (TPSA) is 64.9 Å². The summed E-state index contributed by atoms with van der Waals surface area (Å²) in [7, 11) is 0. The second kappa shape index (κ2) is 2.65. The number of nitrogen functional groups attached to an aromatic ring is 1. The summed E-state index contributed by atoms with van der Waals surface area (Å²) in [5.41, 5.74) is 6.16. The SMILES string of the molecule is Nc1ncc(-c2ccco2)cn1. The Bertz CT molecular complexity index is 352. The zero-order chi connectivity index (χ0) is 8.39. The lowest BCUT2D eigenvalue weighted by atomic mass is 10.3. The molecule has 0 aliphatic rings. The molecule has 4 nitrogen and oxygen atoms in total. The molecule has 60 valence electrons. The first-order valence-corrected chi connectivity index (χ1v) is 3.47. The predicted molar refractivity (Wildman–Crippen MR) is 44.1 cm³/mol. The number of aromatic nitrogens is 2. The third-order valence-corrected chi connectivity index (χ3v) is 1.48. The van der Waals surface area contributed by atoms with Gasteiger partial charge in [-0.15, -0.1) is 0 Å². The zero-order valence-electron chi connectivity index (χ0n) is 6.27. The van der Waals surface area contributed by atoms with Gasteiger partial charge in [0.1, 0.15) is 5.76 Å². The minimum absolute atomic E-state index is 0.269. The molecule has 4 heteroatoms. The van der Waals surface area contributed by atoms with E-state index in [4.69, 9.17) is 10.2 Å². The Hall–Kier alpha value is -1.84. The third kappa shape index (κ3) is 1.14. The van der Waals surface area contributed by atoms with Crippen molar-refractivity contribution in [3.05, 3.63) is 30.8 Å². The number of anilines is 1. The van der Waals surface area contributed by atoms with Crippen molar-refractivity contribution in [2.45, 2.75) is 0 Å². The standard InChI is InChI=1S/C8H7N3O/c9-8-10-4-6(5-11-8)7-2-1-3-12-7/h1-5H,(H2,9,10,11). The summed E-state index contributed by atoms with van der Waals surface area (Å²) in [6.07, 6.45) is 4.86. The van der Waals surface area contributed by atoms with Crippen LogP contribution in [0.3, 0.4) is 0 Å². The highest BCUT2D eigenvalue weighted by atomic mass is 16.3. The van der Waals surface area contributed by atoms with E-state index in [0.29, 0.717) is 0 Å². The van der Waals surface area contributed by atoms with E-state index in [2.05, 4.69) is 9.97 Å². The molecule has 2 aromatic rings. The quantitative estimate of drug-likeness (QED) is 0.685. The number of rotatable bonds is 1. The van der Waals surface area contributed by atoms with Crippen LogP contribution < -0.4 is 5.73 Å². The van der Waals surface area contributed by atoms with Gasteiger partial charge in [-0.1, -0.05) is 0 Å². The van der Waals surface area contributed by atoms with Crippen molar-refractivity contribution in [3.8, 4) is 11.3 Å². The molecule has 0 aromatic carbocycles. The van der Waals surface area contributed by atoms with Gasteiger partial charge in [-0.05, 0) is 12.1 Å². The molecule has 0 amide bonds. The number of hydrogen-bond donors (Lipinski definition) is 1. The number of furan rings is 1. The Morgan fingerprint density at radius 1 is 1.25 bits per heavy atom. The molecule has 0 aliphatic carbocycles. The molecule has 0 aliphatic heterocycles. The lowest BCUT2D eigenvalue weighted by Crippen LogP contribution is -1.92. The second-order valence-electron chi connectivity index (χ2n) is 2.31. The normalized spacial score (nSPS) is 10.0. The van der Waals surface area contributed by atoms with Gasteiger partial charge in [-0.2, -0.15) is 0 Å². The summed E-state index contributed by atoms with van der Waals surface area (Å²) in [6.45, 7) is 0. The highest BCUT2D eigenvalue weighted by molar-refractivity contribution is 5.54. The summed E-state index contributed by atoms with van der Waals surface area (Å²) in [6, 6.07) is 3.65. The first-order valence-electron chi connectivity index (χ1n) is 3.47. The molecule has 0 saturated heterocycles. The van der Waals surface area contributed by atoms with Gasteiger partial charge < -0.3 is 10.2 Å². The van der Waals surface area contributed by atoms with Gasteiger partial charge >= 0.3 is 0 Å². The zero-order valence-corrected chi connectivity index (χ0v) is 6.27. The second-order valence-corrected chi connectivity index (χ2v) is 2.31. The molecule has 0 fully saturated rings. The van der Waals surface area contributed by atoms with Crippen LogP contribution in [0.2, 0.25) is 0 Å². The van der Waals surface area contributed by atoms with Gasteiger partial charge in [0.25, 0.3) is 0 Å². The summed E-state index contributed by atoms with van der Waals surface area (Å²) in [4.78, 5) is 7.68. The van der Waals surface area contributed by atoms with E-state index in [1.807, 2.05) is 12.1 Å². The third-order valence-electron chi connectivity index (χ3n) is 1.48. The molecular formula is C8H7N3O. The largest absolute Gasteiger partial charge is 0.464 e. The molecular weight excluding hydrogens is 154 g/mol. The van der Waals surface area contributed by atoms with Crippen molar-refractivity contribution < 1.29 is 4.42 Å². The Morgan fingerprint density at radius 2 is 2.00 bits per heavy atom. The summed E-state index contributed by atoms with van der Waals surface area (Å²) >= 11 is 0. The van der Waals surface area contributed by atoms with E-state index in [1.165, 1.54) is 0 Å². The van der Waals surface area contributed by atoms with E-state index in [-0.39, 0.29) is 5.95 Å². The fourth-order valence-corrected chi connectivity index (χ4v) is 0.908. The van der Waals surface area contributed by atoms with E-state index in [1.54, 1.807) is 18.7 Å². The maximum atomic E-state index is 5.33. The molecule has 2 heterocycles. The van der Waals surface area contributed by atoms with E-state index < -0.39 is 0 Å². The van der Waals surface area contributed by atoms with Gasteiger partial charge in [0.2, 0.25) is 5.95 Å². The first-order chi connectivity index (χ1) is 5.86. The molecule has 0 unspecified atom stereocenters. The molecule has 12 heavy (non-hydrogen) atoms. The lowest BCUT2D eigenvalue weighted by Gasteiger charge is -1.94. The van der Waals surface area contributed by atoms with Crippen LogP contribution in [0.25, 0.3) is 11.3 Å². The van der Waals surface area contributed by atoms with Crippen molar-refractivity contribution in [2.75, 3.05) is 5.73 Å². The van der Waals surface area contributed by atoms with Crippen LogP contribution in [-0.2, 0) is 0 Å². The van der Waals surface area contributed by atoms with Gasteiger partial charge in [-0.25, -0.2) is 9.97 Å². The van der Waals surface area contributed by atoms with Crippen molar-refractivity contribution in [1.82, 2.24) is 9.97 Å². The summed E-state index contributed by atoms with van der Waals surface area (Å²) < 4.78 is 5.14. The minimum atomic E-state index is 0.269. The molecule has 0 bridgehead atoms. The average molecular weight is 161 g/mol. The highest BCUT2D eigenvalue weighted by Crippen LogP contribution is 2.17. The molecule has 0 saturated carbocycles. The maximum absolute atomic E-state index is 5.33. The summed E-state index contributed by atoms with van der Waals surface area (Å²) in [5.74, 6) is 1.01. The van der Waals surface area contributed by atoms with Crippen molar-refractivity contribution in [1.29, 1.82) is 0 Å². The fourth-order valence-electron chi connectivity index (χ4n) is 0.908. The Labute approximate surface area is 69.1 Å². The van der Waals surface area contributed by atoms with Crippen molar-refractivity contribution >= 4 is 5.95 Å². The van der Waals surface area contributed by atoms with Crippen LogP contribution in [0.1, 0.15) is 0 Å². The molecule has 2 N–H and O–H groups in total. The molecule has 0 spiro atoms. The van der Waals surface area contributed by atoms with Gasteiger partial charge in [-0.3, -0.25) is 0 Å². The Kier molecular flexibility index (Phi) is 1.51. The average Bonchev–Trinajstić information content (AvgIpc) is 2.58. The first kappa shape index (κ1) is 6.84. The maximum Gasteiger partial charge on any atom is 0.219 e. The number of hydrogen-bond acceptors (Lipinski definition) is 4. The van der Waals surface area contributed by atoms with Crippen LogP contribution in [0.4, 0.5) is 5.95 Å². The highest BCUT2D eigenvalue weighted by Gasteiger charge is 1.99. The van der Waals surface area contributed by atoms with Crippen LogP contribution in [0.5, 0.6) is 0 Å². The fraction of sp³-hybridized carbons (Fsp3) is 0. The van der Waals surface area contributed by atoms with Crippen molar-refractivity contribution in [2.24, 2.45) is 0 Å². The van der Waals surface area contributed by atoms with E-state index in [0.717, 1.165) is 11.3 Å². The van der Waals surface area contributed by atoms with Gasteiger partial charge in [0, 0.05) is 12.4 Å². The number of nitrogens with two attached hydrogens (primary N) is 1. The minimum Gasteiger partial charge on any atom is -0.464 e. The van der Waals surface area contributed by atoms with E-state index >= 15 is 0 Å². The predicted octanol–water partition coefficient (Wildman–Crippen LogP) is 1.32. The Morgan fingerprint density at radius 3 is 2.58 bits per heavy atom. The monoisotopic (exact) mass is 161 g/mol. The number of nitrogens with zero attached hydrogens (tertiary/aromatic N) is 2. The Balaban J connectivity index is 2.43. The van der Waals surface area contributed by atoms with Gasteiger partial charge in [0.15, 0.2) is 0 Å². The van der Waals surface area contributed by atoms with Crippen molar-refractivity contribution in [3.63, 3.8) is 0 Å². The van der Waals surface area contributed by atoms with Crippen LogP contribution in [-0.4, -0.2) is 9.97 Å². The van der Waals surface area contributed by atoms with Gasteiger partial charge in [0.05, 0.1) is 11.8 Å².